The molecule has 0 spiro atoms. The third kappa shape index (κ3) is 5.07. The van der Waals surface area contributed by atoms with Gasteiger partial charge in [-0.3, -0.25) is 4.18 Å². The highest BCUT2D eigenvalue weighted by atomic mass is 35.5. The highest BCUT2D eigenvalue weighted by Crippen LogP contribution is 2.40. The summed E-state index contributed by atoms with van der Waals surface area (Å²) in [4.78, 5) is 0. The summed E-state index contributed by atoms with van der Waals surface area (Å²) in [5.74, 6) is -0.357. The van der Waals surface area contributed by atoms with Gasteiger partial charge >= 0.3 is 0 Å². The van der Waals surface area contributed by atoms with Gasteiger partial charge in [-0.05, 0) is 24.3 Å². The number of rotatable bonds is 6. The van der Waals surface area contributed by atoms with Crippen molar-refractivity contribution in [1.82, 2.24) is 0 Å². The summed E-state index contributed by atoms with van der Waals surface area (Å²) < 4.78 is 44.7. The van der Waals surface area contributed by atoms with Gasteiger partial charge in [0.15, 0.2) is 0 Å². The molecule has 0 saturated carbocycles. The van der Waals surface area contributed by atoms with Crippen molar-refractivity contribution < 1.29 is 26.8 Å². The van der Waals surface area contributed by atoms with Crippen LogP contribution in [0.15, 0.2) is 24.3 Å². The molecule has 0 aromatic heterocycles. The van der Waals surface area contributed by atoms with Crippen LogP contribution in [0.3, 0.4) is 0 Å². The molecule has 1 aliphatic rings. The van der Waals surface area contributed by atoms with Gasteiger partial charge in [0.2, 0.25) is 5.79 Å². The number of ether oxygens (including phenoxy) is 3. The second kappa shape index (κ2) is 7.17. The van der Waals surface area contributed by atoms with Crippen LogP contribution in [0.1, 0.15) is 20.8 Å². The Bertz CT molecular complexity index is 652. The minimum atomic E-state index is -3.52. The first kappa shape index (κ1) is 19.5. The zero-order chi connectivity index (χ0) is 18.0. The molecule has 0 aliphatic carbocycles. The van der Waals surface area contributed by atoms with Gasteiger partial charge in [0.1, 0.15) is 18.5 Å². The van der Waals surface area contributed by atoms with Crippen molar-refractivity contribution in [2.45, 2.75) is 32.7 Å². The fraction of sp³-hybridized carbons (Fsp3) is 0.625. The molecule has 0 bridgehead atoms. The molecule has 1 fully saturated rings. The van der Waals surface area contributed by atoms with Crippen LogP contribution in [0.25, 0.3) is 0 Å². The molecular formula is C16H23ClO6S. The maximum Gasteiger partial charge on any atom is 0.264 e. The monoisotopic (exact) mass is 378 g/mol. The van der Waals surface area contributed by atoms with Crippen LogP contribution in [-0.4, -0.2) is 46.4 Å². The van der Waals surface area contributed by atoms with E-state index in [1.54, 1.807) is 24.3 Å². The zero-order valence-corrected chi connectivity index (χ0v) is 15.8. The molecule has 1 aromatic rings. The van der Waals surface area contributed by atoms with E-state index in [0.29, 0.717) is 10.8 Å². The molecule has 2 rings (SSSR count). The van der Waals surface area contributed by atoms with Crippen LogP contribution in [0.4, 0.5) is 0 Å². The van der Waals surface area contributed by atoms with Gasteiger partial charge in [-0.25, -0.2) is 0 Å². The quantitative estimate of drug-likeness (QED) is 0.709. The SMILES string of the molecule is CC(C)(C)C1(COc2ccc(Cl)cc2)OCC(COS(C)(=O)=O)O1. The molecule has 0 radical (unpaired) electrons. The first-order chi connectivity index (χ1) is 11.0. The van der Waals surface area contributed by atoms with Crippen LogP contribution in [0.2, 0.25) is 5.02 Å². The zero-order valence-electron chi connectivity index (χ0n) is 14.2. The normalized spacial score (nSPS) is 25.0. The molecule has 2 unspecified atom stereocenters. The molecule has 6 nitrogen and oxygen atoms in total. The van der Waals surface area contributed by atoms with Gasteiger partial charge in [0.05, 0.1) is 19.5 Å². The lowest BCUT2D eigenvalue weighted by molar-refractivity contribution is -0.247. The maximum atomic E-state index is 11.1. The fourth-order valence-corrected chi connectivity index (χ4v) is 2.77. The van der Waals surface area contributed by atoms with Crippen molar-refractivity contribution in [2.24, 2.45) is 5.41 Å². The number of hydrogen-bond acceptors (Lipinski definition) is 6. The summed E-state index contributed by atoms with van der Waals surface area (Å²) in [6.45, 7) is 6.22. The molecule has 1 heterocycles. The molecule has 0 amide bonds. The predicted octanol–water partition coefficient (Wildman–Crippen LogP) is 2.85. The average Bonchev–Trinajstić information content (AvgIpc) is 2.89. The van der Waals surface area contributed by atoms with Crippen molar-refractivity contribution in [2.75, 3.05) is 26.1 Å². The molecule has 1 aromatic carbocycles. The Morgan fingerprint density at radius 3 is 2.46 bits per heavy atom. The van der Waals surface area contributed by atoms with E-state index in [1.807, 2.05) is 20.8 Å². The fourth-order valence-electron chi connectivity index (χ4n) is 2.24. The number of benzene rings is 1. The van der Waals surface area contributed by atoms with Crippen molar-refractivity contribution in [1.29, 1.82) is 0 Å². The molecule has 24 heavy (non-hydrogen) atoms. The minimum Gasteiger partial charge on any atom is -0.488 e. The van der Waals surface area contributed by atoms with E-state index >= 15 is 0 Å². The lowest BCUT2D eigenvalue weighted by Gasteiger charge is -2.39. The van der Waals surface area contributed by atoms with Crippen LogP contribution < -0.4 is 4.74 Å². The van der Waals surface area contributed by atoms with E-state index in [0.717, 1.165) is 6.26 Å². The Hall–Kier alpha value is -0.860. The van der Waals surface area contributed by atoms with Crippen LogP contribution in [0, 0.1) is 5.41 Å². The lowest BCUT2D eigenvalue weighted by Crippen LogP contribution is -2.49. The van der Waals surface area contributed by atoms with Crippen molar-refractivity contribution in [3.63, 3.8) is 0 Å². The van der Waals surface area contributed by atoms with Crippen LogP contribution in [-0.2, 0) is 23.8 Å². The van der Waals surface area contributed by atoms with E-state index < -0.39 is 22.0 Å². The smallest absolute Gasteiger partial charge is 0.264 e. The van der Waals surface area contributed by atoms with Gasteiger partial charge < -0.3 is 14.2 Å². The third-order valence-corrected chi connectivity index (χ3v) is 4.53. The van der Waals surface area contributed by atoms with Crippen LogP contribution >= 0.6 is 11.6 Å². The predicted molar refractivity (Wildman–Crippen MR) is 90.8 cm³/mol. The van der Waals surface area contributed by atoms with Crippen LogP contribution in [0.5, 0.6) is 5.75 Å². The molecule has 1 saturated heterocycles. The minimum absolute atomic E-state index is 0.0857. The Morgan fingerprint density at radius 1 is 1.29 bits per heavy atom. The third-order valence-electron chi connectivity index (χ3n) is 3.71. The van der Waals surface area contributed by atoms with Gasteiger partial charge in [0.25, 0.3) is 10.1 Å². The van der Waals surface area contributed by atoms with Gasteiger partial charge in [-0.1, -0.05) is 32.4 Å². The first-order valence-electron chi connectivity index (χ1n) is 7.55. The lowest BCUT2D eigenvalue weighted by atomic mass is 9.86. The second-order valence-corrected chi connectivity index (χ2v) is 8.87. The molecular weight excluding hydrogens is 356 g/mol. The van der Waals surface area contributed by atoms with Gasteiger partial charge in [0, 0.05) is 10.4 Å². The van der Waals surface area contributed by atoms with Crippen molar-refractivity contribution >= 4 is 21.7 Å². The number of halogens is 1. The Morgan fingerprint density at radius 2 is 1.92 bits per heavy atom. The summed E-state index contributed by atoms with van der Waals surface area (Å²) >= 11 is 5.86. The molecule has 0 N–H and O–H groups in total. The van der Waals surface area contributed by atoms with E-state index in [4.69, 9.17) is 30.0 Å². The summed E-state index contributed by atoms with van der Waals surface area (Å²) in [7, 11) is -3.52. The summed E-state index contributed by atoms with van der Waals surface area (Å²) in [6, 6.07) is 7.00. The van der Waals surface area contributed by atoms with E-state index in [-0.39, 0.29) is 25.2 Å². The van der Waals surface area contributed by atoms with Crippen molar-refractivity contribution in [3.8, 4) is 5.75 Å². The van der Waals surface area contributed by atoms with Crippen molar-refractivity contribution in [3.05, 3.63) is 29.3 Å². The molecule has 8 heteroatoms. The van der Waals surface area contributed by atoms with E-state index in [1.165, 1.54) is 0 Å². The summed E-state index contributed by atoms with van der Waals surface area (Å²) in [5.41, 5.74) is -0.390. The Balaban J connectivity index is 2.04. The summed E-state index contributed by atoms with van der Waals surface area (Å²) in [5, 5.41) is 0.624. The number of hydrogen-bond donors (Lipinski definition) is 0. The molecule has 136 valence electrons. The first-order valence-corrected chi connectivity index (χ1v) is 9.75. The second-order valence-electron chi connectivity index (χ2n) is 6.79. The topological polar surface area (TPSA) is 71.1 Å². The molecule has 2 atom stereocenters. The largest absolute Gasteiger partial charge is 0.488 e. The Labute approximate surface area is 148 Å². The van der Waals surface area contributed by atoms with Gasteiger partial charge in [-0.2, -0.15) is 8.42 Å². The highest BCUT2D eigenvalue weighted by Gasteiger charge is 2.51. The Kier molecular flexibility index (Phi) is 5.82. The summed E-state index contributed by atoms with van der Waals surface area (Å²) in [6.07, 6.45) is 0.525. The highest BCUT2D eigenvalue weighted by molar-refractivity contribution is 7.85. The maximum absolute atomic E-state index is 11.1. The van der Waals surface area contributed by atoms with Gasteiger partial charge in [-0.15, -0.1) is 0 Å². The van der Waals surface area contributed by atoms with E-state index in [9.17, 15) is 8.42 Å². The average molecular weight is 379 g/mol. The standard InChI is InChI=1S/C16H23ClO6S/c1-15(2,3)16(11-20-13-7-5-12(17)6-8-13)21-9-14(23-16)10-22-24(4,18)19/h5-8,14H,9-11H2,1-4H3. The van der Waals surface area contributed by atoms with E-state index in [2.05, 4.69) is 0 Å². The molecule has 1 aliphatic heterocycles.